The van der Waals surface area contributed by atoms with Gasteiger partial charge in [-0.05, 0) is 35.9 Å². The van der Waals surface area contributed by atoms with Crippen molar-refractivity contribution in [3.05, 3.63) is 64.4 Å². The van der Waals surface area contributed by atoms with Gasteiger partial charge in [0.25, 0.3) is 5.91 Å². The van der Waals surface area contributed by atoms with Gasteiger partial charge in [0.2, 0.25) is 10.0 Å². The number of primary sulfonamides is 1. The van der Waals surface area contributed by atoms with Crippen molar-refractivity contribution in [2.75, 3.05) is 6.61 Å². The number of carbonyl (C=O) groups is 2. The maximum atomic E-state index is 12.8. The van der Waals surface area contributed by atoms with E-state index in [1.165, 1.54) is 36.4 Å². The maximum absolute atomic E-state index is 12.8. The minimum atomic E-state index is -4.11. The van der Waals surface area contributed by atoms with Crippen molar-refractivity contribution in [3.63, 3.8) is 0 Å². The zero-order chi connectivity index (χ0) is 19.3. The Kier molecular flexibility index (Phi) is 6.30. The molecular formula is C16H14ClFN2O5S. The highest BCUT2D eigenvalue weighted by atomic mass is 35.5. The summed E-state index contributed by atoms with van der Waals surface area (Å²) in [5, 5.41) is 7.36. The van der Waals surface area contributed by atoms with Crippen LogP contribution < -0.4 is 10.5 Å². The molecule has 1 amide bonds. The first-order chi connectivity index (χ1) is 12.2. The van der Waals surface area contributed by atoms with Crippen molar-refractivity contribution in [1.29, 1.82) is 0 Å². The first-order valence-corrected chi connectivity index (χ1v) is 9.10. The van der Waals surface area contributed by atoms with E-state index in [1.807, 2.05) is 0 Å². The van der Waals surface area contributed by atoms with E-state index < -0.39 is 39.2 Å². The number of esters is 1. The van der Waals surface area contributed by atoms with Crippen LogP contribution in [-0.2, 0) is 26.1 Å². The summed E-state index contributed by atoms with van der Waals surface area (Å²) in [7, 11) is -4.11. The molecule has 0 aliphatic rings. The predicted octanol–water partition coefficient (Wildman–Crippen LogP) is 1.60. The molecule has 2 aromatic carbocycles. The number of benzene rings is 2. The molecular weight excluding hydrogens is 387 g/mol. The normalized spacial score (nSPS) is 11.0. The molecule has 0 heterocycles. The number of nitrogens with one attached hydrogen (secondary N) is 1. The lowest BCUT2D eigenvalue weighted by Crippen LogP contribution is -2.28. The quantitative estimate of drug-likeness (QED) is 0.714. The molecule has 0 radical (unpaired) electrons. The molecule has 0 aliphatic carbocycles. The summed E-state index contributed by atoms with van der Waals surface area (Å²) in [5.41, 5.74) is 0.548. The molecule has 26 heavy (non-hydrogen) atoms. The van der Waals surface area contributed by atoms with Crippen LogP contribution in [0.3, 0.4) is 0 Å². The van der Waals surface area contributed by atoms with Gasteiger partial charge in [-0.15, -0.1) is 0 Å². The number of hydrogen-bond acceptors (Lipinski definition) is 5. The summed E-state index contributed by atoms with van der Waals surface area (Å²) < 4.78 is 40.4. The Balaban J connectivity index is 1.92. The van der Waals surface area contributed by atoms with Crippen LogP contribution >= 0.6 is 11.6 Å². The van der Waals surface area contributed by atoms with E-state index in [-0.39, 0.29) is 17.1 Å². The third kappa shape index (κ3) is 5.51. The molecule has 0 spiro atoms. The number of ether oxygens (including phenoxy) is 1. The predicted molar refractivity (Wildman–Crippen MR) is 91.4 cm³/mol. The van der Waals surface area contributed by atoms with Gasteiger partial charge in [0, 0.05) is 6.54 Å². The zero-order valence-electron chi connectivity index (χ0n) is 13.2. The minimum Gasteiger partial charge on any atom is -0.452 e. The van der Waals surface area contributed by atoms with Gasteiger partial charge in [0.15, 0.2) is 6.61 Å². The number of amides is 1. The second-order valence-corrected chi connectivity index (χ2v) is 7.11. The third-order valence-electron chi connectivity index (χ3n) is 3.21. The van der Waals surface area contributed by atoms with Gasteiger partial charge in [-0.1, -0.05) is 23.7 Å². The molecule has 0 unspecified atom stereocenters. The van der Waals surface area contributed by atoms with E-state index in [0.717, 1.165) is 6.07 Å². The Bertz CT molecular complexity index is 932. The van der Waals surface area contributed by atoms with Gasteiger partial charge in [-0.2, -0.15) is 0 Å². The van der Waals surface area contributed by atoms with Crippen molar-refractivity contribution in [1.82, 2.24) is 5.32 Å². The van der Waals surface area contributed by atoms with Gasteiger partial charge in [0.1, 0.15) is 10.7 Å². The van der Waals surface area contributed by atoms with Gasteiger partial charge in [-0.25, -0.2) is 22.7 Å². The highest BCUT2D eigenvalue weighted by Gasteiger charge is 2.17. The molecule has 3 N–H and O–H groups in total. The molecule has 138 valence electrons. The number of sulfonamides is 1. The molecule has 0 saturated heterocycles. The lowest BCUT2D eigenvalue weighted by Gasteiger charge is -2.08. The summed E-state index contributed by atoms with van der Waals surface area (Å²) >= 11 is 5.72. The molecule has 0 saturated carbocycles. The Labute approximate surface area is 154 Å². The van der Waals surface area contributed by atoms with Crippen LogP contribution in [0.15, 0.2) is 47.4 Å². The molecule has 0 atom stereocenters. The highest BCUT2D eigenvalue weighted by Crippen LogP contribution is 2.21. The molecule has 10 heteroatoms. The van der Waals surface area contributed by atoms with Gasteiger partial charge >= 0.3 is 5.97 Å². The lowest BCUT2D eigenvalue weighted by molar-refractivity contribution is -0.124. The van der Waals surface area contributed by atoms with Crippen LogP contribution in [0.1, 0.15) is 15.9 Å². The van der Waals surface area contributed by atoms with E-state index >= 15 is 0 Å². The van der Waals surface area contributed by atoms with Gasteiger partial charge in [0.05, 0.1) is 10.6 Å². The molecule has 0 aliphatic heterocycles. The van der Waals surface area contributed by atoms with Crippen LogP contribution in [0.4, 0.5) is 4.39 Å². The molecule has 7 nitrogen and oxygen atoms in total. The summed E-state index contributed by atoms with van der Waals surface area (Å²) in [6, 6.07) is 8.92. The first-order valence-electron chi connectivity index (χ1n) is 7.17. The van der Waals surface area contributed by atoms with Crippen LogP contribution in [0.2, 0.25) is 5.02 Å². The molecule has 0 aromatic heterocycles. The Morgan fingerprint density at radius 2 is 1.81 bits per heavy atom. The Morgan fingerprint density at radius 3 is 2.42 bits per heavy atom. The van der Waals surface area contributed by atoms with E-state index in [0.29, 0.717) is 5.56 Å². The van der Waals surface area contributed by atoms with E-state index in [2.05, 4.69) is 5.32 Å². The summed E-state index contributed by atoms with van der Waals surface area (Å²) in [4.78, 5) is 23.2. The van der Waals surface area contributed by atoms with Crippen molar-refractivity contribution in [3.8, 4) is 0 Å². The van der Waals surface area contributed by atoms with Crippen LogP contribution in [0, 0.1) is 5.82 Å². The van der Waals surface area contributed by atoms with Crippen LogP contribution in [0.5, 0.6) is 0 Å². The molecule has 2 rings (SSSR count). The largest absolute Gasteiger partial charge is 0.452 e. The SMILES string of the molecule is NS(=O)(=O)c1cc(C(=O)OCC(=O)NCc2ccc(F)cc2)ccc1Cl. The summed E-state index contributed by atoms with van der Waals surface area (Å²) in [5.74, 6) is -1.89. The van der Waals surface area contributed by atoms with E-state index in [4.69, 9.17) is 21.5 Å². The third-order valence-corrected chi connectivity index (χ3v) is 4.60. The monoisotopic (exact) mass is 400 g/mol. The number of halogens is 2. The number of rotatable bonds is 6. The zero-order valence-corrected chi connectivity index (χ0v) is 14.8. The van der Waals surface area contributed by atoms with Crippen LogP contribution in [0.25, 0.3) is 0 Å². The van der Waals surface area contributed by atoms with E-state index in [9.17, 15) is 22.4 Å². The van der Waals surface area contributed by atoms with Gasteiger partial charge in [-0.3, -0.25) is 4.79 Å². The second-order valence-electron chi connectivity index (χ2n) is 5.17. The molecule has 2 aromatic rings. The Hall–Kier alpha value is -2.49. The van der Waals surface area contributed by atoms with Crippen molar-refractivity contribution >= 4 is 33.5 Å². The second kappa shape index (κ2) is 8.26. The summed E-state index contributed by atoms with van der Waals surface area (Å²) in [6.07, 6.45) is 0. The van der Waals surface area contributed by atoms with Gasteiger partial charge < -0.3 is 10.1 Å². The smallest absolute Gasteiger partial charge is 0.338 e. The average molecular weight is 401 g/mol. The highest BCUT2D eigenvalue weighted by molar-refractivity contribution is 7.89. The molecule has 0 bridgehead atoms. The van der Waals surface area contributed by atoms with Crippen molar-refractivity contribution in [2.45, 2.75) is 11.4 Å². The molecule has 0 fully saturated rings. The fourth-order valence-electron chi connectivity index (χ4n) is 1.92. The fourth-order valence-corrected chi connectivity index (χ4v) is 2.99. The number of nitrogens with two attached hydrogens (primary N) is 1. The number of carbonyl (C=O) groups excluding carboxylic acids is 2. The maximum Gasteiger partial charge on any atom is 0.338 e. The topological polar surface area (TPSA) is 116 Å². The van der Waals surface area contributed by atoms with Crippen molar-refractivity contribution in [2.24, 2.45) is 5.14 Å². The van der Waals surface area contributed by atoms with Crippen LogP contribution in [-0.4, -0.2) is 26.9 Å². The summed E-state index contributed by atoms with van der Waals surface area (Å²) in [6.45, 7) is -0.444. The Morgan fingerprint density at radius 1 is 1.15 bits per heavy atom. The first kappa shape index (κ1) is 19.8. The van der Waals surface area contributed by atoms with E-state index in [1.54, 1.807) is 0 Å². The fraction of sp³-hybridized carbons (Fsp3) is 0.125. The number of hydrogen-bond donors (Lipinski definition) is 2. The minimum absolute atomic E-state index is 0.121. The van der Waals surface area contributed by atoms with Crippen molar-refractivity contribution < 1.29 is 27.1 Å². The average Bonchev–Trinajstić information content (AvgIpc) is 2.58. The standard InChI is InChI=1S/C16H14ClFN2O5S/c17-13-6-3-11(7-14(13)26(19,23)24)16(22)25-9-15(21)20-8-10-1-4-12(18)5-2-10/h1-7H,8-9H2,(H,20,21)(H2,19,23,24). The lowest BCUT2D eigenvalue weighted by atomic mass is 10.2.